The van der Waals surface area contributed by atoms with Crippen LogP contribution in [0.5, 0.6) is 5.75 Å². The van der Waals surface area contributed by atoms with Gasteiger partial charge in [-0.25, -0.2) is 9.78 Å². The van der Waals surface area contributed by atoms with Crippen LogP contribution in [0.2, 0.25) is 10.0 Å². The molecule has 0 unspecified atom stereocenters. The Morgan fingerprint density at radius 2 is 1.78 bits per heavy atom. The van der Waals surface area contributed by atoms with Crippen LogP contribution in [-0.2, 0) is 9.53 Å². The second kappa shape index (κ2) is 13.7. The molecule has 0 bridgehead atoms. The molecule has 10 heteroatoms. The highest BCUT2D eigenvalue weighted by atomic mass is 35.5. The van der Waals surface area contributed by atoms with Crippen molar-refractivity contribution in [1.82, 2.24) is 15.2 Å². The Bertz CT molecular complexity index is 1390. The summed E-state index contributed by atoms with van der Waals surface area (Å²) >= 11 is 13.0. The molecule has 0 saturated heterocycles. The molecule has 0 atom stereocenters. The van der Waals surface area contributed by atoms with Crippen molar-refractivity contribution in [3.05, 3.63) is 70.3 Å². The summed E-state index contributed by atoms with van der Waals surface area (Å²) < 4.78 is 11.4. The molecule has 2 aromatic carbocycles. The zero-order valence-corrected chi connectivity index (χ0v) is 25.0. The van der Waals surface area contributed by atoms with Crippen molar-refractivity contribution in [3.63, 3.8) is 0 Å². The number of benzene rings is 2. The first-order chi connectivity index (χ1) is 19.6. The molecule has 8 nitrogen and oxygen atoms in total. The second-order valence-corrected chi connectivity index (χ2v) is 11.3. The lowest BCUT2D eigenvalue weighted by Crippen LogP contribution is -2.57. The predicted molar refractivity (Wildman–Crippen MR) is 161 cm³/mol. The molecule has 1 aliphatic rings. The number of halogens is 2. The Morgan fingerprint density at radius 1 is 1.05 bits per heavy atom. The number of aliphatic carboxylic acids is 1. The quantitative estimate of drug-likeness (QED) is 0.253. The molecule has 1 fully saturated rings. The largest absolute Gasteiger partial charge is 0.492 e. The minimum absolute atomic E-state index is 0.0248. The predicted octanol–water partition coefficient (Wildman–Crippen LogP) is 6.20. The Hall–Kier alpha value is -3.17. The molecule has 3 aromatic rings. The second-order valence-electron chi connectivity index (χ2n) is 10.5. The first kappa shape index (κ1) is 30.8. The molecule has 4 rings (SSSR count). The van der Waals surface area contributed by atoms with Gasteiger partial charge in [0.2, 0.25) is 0 Å². The fraction of sp³-hybridized carbons (Fsp3) is 0.387. The third kappa shape index (κ3) is 7.38. The van der Waals surface area contributed by atoms with Crippen LogP contribution in [0.3, 0.4) is 0 Å². The van der Waals surface area contributed by atoms with E-state index in [0.717, 1.165) is 18.5 Å². The van der Waals surface area contributed by atoms with Gasteiger partial charge in [0.1, 0.15) is 17.0 Å². The molecule has 1 heterocycles. The highest BCUT2D eigenvalue weighted by Gasteiger charge is 2.43. The Morgan fingerprint density at radius 3 is 2.44 bits per heavy atom. The number of carboxylic acids is 1. The van der Waals surface area contributed by atoms with Crippen LogP contribution >= 0.6 is 23.2 Å². The van der Waals surface area contributed by atoms with Crippen LogP contribution in [0.1, 0.15) is 42.6 Å². The zero-order valence-electron chi connectivity index (χ0n) is 23.5. The molecule has 1 saturated carbocycles. The molecule has 0 spiro atoms. The van der Waals surface area contributed by atoms with Gasteiger partial charge in [-0.15, -0.1) is 0 Å². The molecule has 0 radical (unpaired) electrons. The van der Waals surface area contributed by atoms with E-state index in [1.165, 1.54) is 0 Å². The molecule has 218 valence electrons. The van der Waals surface area contributed by atoms with E-state index in [9.17, 15) is 14.7 Å². The zero-order chi connectivity index (χ0) is 29.6. The fourth-order valence-electron chi connectivity index (χ4n) is 5.02. The molecule has 0 aliphatic heterocycles. The van der Waals surface area contributed by atoms with Crippen LogP contribution in [0, 0.1) is 0 Å². The SMILES string of the molecule is COC1CCC(NC(=O)c2ccc(-c3ccccc3Cl)c(-c3ccc(Cl)c(OCCCN(C)C)c3)n2)(C(=O)O)CC1. The maximum Gasteiger partial charge on any atom is 0.329 e. The number of hydrogen-bond donors (Lipinski definition) is 2. The van der Waals surface area contributed by atoms with Gasteiger partial charge < -0.3 is 24.8 Å². The minimum Gasteiger partial charge on any atom is -0.492 e. The van der Waals surface area contributed by atoms with Crippen molar-refractivity contribution in [2.75, 3.05) is 34.4 Å². The van der Waals surface area contributed by atoms with Crippen molar-refractivity contribution in [3.8, 4) is 28.1 Å². The minimum atomic E-state index is -1.39. The van der Waals surface area contributed by atoms with Gasteiger partial charge >= 0.3 is 5.97 Å². The summed E-state index contributed by atoms with van der Waals surface area (Å²) in [6.45, 7) is 1.35. The number of hydrogen-bond acceptors (Lipinski definition) is 6. The van der Waals surface area contributed by atoms with E-state index in [0.29, 0.717) is 52.1 Å². The van der Waals surface area contributed by atoms with Crippen LogP contribution in [0.4, 0.5) is 0 Å². The molecule has 1 aromatic heterocycles. The summed E-state index contributed by atoms with van der Waals surface area (Å²) in [6, 6.07) is 16.1. The van der Waals surface area contributed by atoms with E-state index in [1.54, 1.807) is 37.4 Å². The topological polar surface area (TPSA) is 101 Å². The summed E-state index contributed by atoms with van der Waals surface area (Å²) in [5, 5.41) is 13.8. The number of carbonyl (C=O) groups excluding carboxylic acids is 1. The van der Waals surface area contributed by atoms with E-state index in [-0.39, 0.29) is 24.6 Å². The average molecular weight is 601 g/mol. The maximum atomic E-state index is 13.5. The highest BCUT2D eigenvalue weighted by molar-refractivity contribution is 6.33. The van der Waals surface area contributed by atoms with E-state index < -0.39 is 17.4 Å². The number of pyridine rings is 1. The molecule has 41 heavy (non-hydrogen) atoms. The van der Waals surface area contributed by atoms with Crippen LogP contribution in [0.25, 0.3) is 22.4 Å². The fourth-order valence-corrected chi connectivity index (χ4v) is 5.43. The summed E-state index contributed by atoms with van der Waals surface area (Å²) in [7, 11) is 5.61. The third-order valence-electron chi connectivity index (χ3n) is 7.39. The number of nitrogens with zero attached hydrogens (tertiary/aromatic N) is 2. The number of methoxy groups -OCH3 is 1. The molecular formula is C31H35Cl2N3O5. The van der Waals surface area contributed by atoms with Gasteiger partial charge in [-0.3, -0.25) is 4.79 Å². The van der Waals surface area contributed by atoms with Crippen LogP contribution in [0.15, 0.2) is 54.6 Å². The van der Waals surface area contributed by atoms with Crippen molar-refractivity contribution in [1.29, 1.82) is 0 Å². The normalized spacial score (nSPS) is 18.7. The number of aromatic nitrogens is 1. The van der Waals surface area contributed by atoms with Crippen LogP contribution < -0.4 is 10.1 Å². The van der Waals surface area contributed by atoms with Gasteiger partial charge in [-0.05, 0) is 76.5 Å². The van der Waals surface area contributed by atoms with E-state index in [1.807, 2.05) is 38.4 Å². The Labute approximate surface area is 250 Å². The van der Waals surface area contributed by atoms with Crippen molar-refractivity contribution >= 4 is 35.1 Å². The third-order valence-corrected chi connectivity index (χ3v) is 8.03. The first-order valence-corrected chi connectivity index (χ1v) is 14.3. The lowest BCUT2D eigenvalue weighted by atomic mass is 9.80. The number of amides is 1. The number of rotatable bonds is 11. The lowest BCUT2D eigenvalue weighted by Gasteiger charge is -2.36. The van der Waals surface area contributed by atoms with Crippen molar-refractivity contribution in [2.24, 2.45) is 0 Å². The van der Waals surface area contributed by atoms with Gasteiger partial charge in [-0.2, -0.15) is 0 Å². The summed E-state index contributed by atoms with van der Waals surface area (Å²) in [5.41, 5.74) is 1.33. The molecule has 1 aliphatic carbocycles. The summed E-state index contributed by atoms with van der Waals surface area (Å²) in [5.74, 6) is -1.13. The number of nitrogens with one attached hydrogen (secondary N) is 1. The smallest absolute Gasteiger partial charge is 0.329 e. The van der Waals surface area contributed by atoms with Gasteiger partial charge in [0.05, 0.1) is 23.4 Å². The first-order valence-electron chi connectivity index (χ1n) is 13.6. The van der Waals surface area contributed by atoms with E-state index >= 15 is 0 Å². The van der Waals surface area contributed by atoms with Crippen molar-refractivity contribution < 1.29 is 24.2 Å². The number of carbonyl (C=O) groups is 2. The van der Waals surface area contributed by atoms with Crippen LogP contribution in [-0.4, -0.2) is 72.9 Å². The van der Waals surface area contributed by atoms with Gasteiger partial charge in [0.25, 0.3) is 5.91 Å². The molecular weight excluding hydrogens is 565 g/mol. The van der Waals surface area contributed by atoms with Gasteiger partial charge in [-0.1, -0.05) is 47.5 Å². The Balaban J connectivity index is 1.70. The standard InChI is InChI=1S/C31H35Cl2N3O5/c1-36(2)17-6-18-41-27-19-20(9-11-25(27)33)28-23(22-7-4-5-8-24(22)32)10-12-26(34-28)29(37)35-31(30(38)39)15-13-21(40-3)14-16-31/h4-5,7-12,19,21H,6,13-18H2,1-3H3,(H,35,37)(H,38,39). The van der Waals surface area contributed by atoms with E-state index in [4.69, 9.17) is 37.7 Å². The highest BCUT2D eigenvalue weighted by Crippen LogP contribution is 2.38. The van der Waals surface area contributed by atoms with Gasteiger partial charge in [0, 0.05) is 35.4 Å². The summed E-state index contributed by atoms with van der Waals surface area (Å²) in [6.07, 6.45) is 2.40. The summed E-state index contributed by atoms with van der Waals surface area (Å²) in [4.78, 5) is 32.6. The molecule has 1 amide bonds. The monoisotopic (exact) mass is 599 g/mol. The van der Waals surface area contributed by atoms with E-state index in [2.05, 4.69) is 10.2 Å². The lowest BCUT2D eigenvalue weighted by molar-refractivity contribution is -0.147. The molecule has 2 N–H and O–H groups in total. The number of ether oxygens (including phenoxy) is 2. The van der Waals surface area contributed by atoms with Crippen molar-refractivity contribution in [2.45, 2.75) is 43.7 Å². The van der Waals surface area contributed by atoms with Gasteiger partial charge in [0.15, 0.2) is 0 Å². The number of carboxylic acid groups (broad SMARTS) is 1. The average Bonchev–Trinajstić information content (AvgIpc) is 2.96. The Kier molecular flexibility index (Phi) is 10.3. The maximum absolute atomic E-state index is 13.5.